The molecule has 2 atom stereocenters. The van der Waals surface area contributed by atoms with E-state index >= 15 is 0 Å². The van der Waals surface area contributed by atoms with E-state index in [1.807, 2.05) is 6.92 Å². The van der Waals surface area contributed by atoms with Crippen LogP contribution in [0.3, 0.4) is 0 Å². The first-order chi connectivity index (χ1) is 7.98. The SMILES string of the molecule is C=CCC(CCCCC)(NCC(=O)O)C(=O)O.P. The summed E-state index contributed by atoms with van der Waals surface area (Å²) in [6, 6.07) is 0. The van der Waals surface area contributed by atoms with Crippen molar-refractivity contribution in [3.05, 3.63) is 12.7 Å². The lowest BCUT2D eigenvalue weighted by atomic mass is 9.88. The molecule has 0 heterocycles. The molecule has 3 N–H and O–H groups in total. The summed E-state index contributed by atoms with van der Waals surface area (Å²) in [7, 11) is 0. The Bertz CT molecular complexity index is 283. The van der Waals surface area contributed by atoms with Crippen LogP contribution in [0.5, 0.6) is 0 Å². The van der Waals surface area contributed by atoms with Gasteiger partial charge < -0.3 is 10.2 Å². The smallest absolute Gasteiger partial charge is 0.324 e. The predicted octanol–water partition coefficient (Wildman–Crippen LogP) is 1.70. The Morgan fingerprint density at radius 3 is 2.33 bits per heavy atom. The third-order valence-corrected chi connectivity index (χ3v) is 2.69. The molecular formula is C12H24NO4P. The van der Waals surface area contributed by atoms with Crippen LogP contribution >= 0.6 is 9.90 Å². The van der Waals surface area contributed by atoms with Crippen LogP contribution in [0.1, 0.15) is 39.0 Å². The average molecular weight is 277 g/mol. The lowest BCUT2D eigenvalue weighted by molar-refractivity contribution is -0.146. The Hall–Kier alpha value is -0.930. The first-order valence-corrected chi connectivity index (χ1v) is 5.79. The quantitative estimate of drug-likeness (QED) is 0.321. The molecule has 0 aromatic rings. The molecule has 0 aromatic carbocycles. The Balaban J connectivity index is 0. The summed E-state index contributed by atoms with van der Waals surface area (Å²) in [5.74, 6) is -2.08. The molecule has 0 spiro atoms. The number of carbonyl (C=O) groups is 2. The van der Waals surface area contributed by atoms with E-state index in [9.17, 15) is 14.7 Å². The molecule has 0 fully saturated rings. The fourth-order valence-electron chi connectivity index (χ4n) is 1.70. The second-order valence-corrected chi connectivity index (χ2v) is 4.08. The third-order valence-electron chi connectivity index (χ3n) is 2.69. The largest absolute Gasteiger partial charge is 0.480 e. The molecular weight excluding hydrogens is 253 g/mol. The van der Waals surface area contributed by atoms with Gasteiger partial charge in [0, 0.05) is 0 Å². The summed E-state index contributed by atoms with van der Waals surface area (Å²) in [6.45, 7) is 5.21. The van der Waals surface area contributed by atoms with Gasteiger partial charge in [0.2, 0.25) is 0 Å². The third kappa shape index (κ3) is 6.72. The molecule has 0 aliphatic carbocycles. The maximum atomic E-state index is 11.3. The molecule has 0 aliphatic rings. The van der Waals surface area contributed by atoms with Gasteiger partial charge in [-0.1, -0.05) is 32.3 Å². The highest BCUT2D eigenvalue weighted by atomic mass is 31.0. The van der Waals surface area contributed by atoms with Gasteiger partial charge in [0.05, 0.1) is 6.54 Å². The molecule has 0 aliphatic heterocycles. The Labute approximate surface area is 111 Å². The number of aliphatic carboxylic acids is 2. The molecule has 5 nitrogen and oxygen atoms in total. The number of carboxylic acid groups (broad SMARTS) is 2. The highest BCUT2D eigenvalue weighted by molar-refractivity contribution is 6.92. The van der Waals surface area contributed by atoms with E-state index in [1.165, 1.54) is 6.08 Å². The van der Waals surface area contributed by atoms with E-state index < -0.39 is 17.5 Å². The Morgan fingerprint density at radius 1 is 1.33 bits per heavy atom. The second kappa shape index (κ2) is 10.0. The molecule has 0 amide bonds. The monoisotopic (exact) mass is 277 g/mol. The fraction of sp³-hybridized carbons (Fsp3) is 0.667. The van der Waals surface area contributed by atoms with Crippen molar-refractivity contribution >= 4 is 21.8 Å². The van der Waals surface area contributed by atoms with Crippen LogP contribution in [0.4, 0.5) is 0 Å². The molecule has 0 radical (unpaired) electrons. The number of rotatable bonds is 10. The first-order valence-electron chi connectivity index (χ1n) is 5.79. The van der Waals surface area contributed by atoms with Crippen molar-refractivity contribution in [1.29, 1.82) is 0 Å². The van der Waals surface area contributed by atoms with E-state index in [1.54, 1.807) is 0 Å². The van der Waals surface area contributed by atoms with Crippen molar-refractivity contribution in [2.24, 2.45) is 0 Å². The maximum absolute atomic E-state index is 11.3. The Morgan fingerprint density at radius 2 is 1.94 bits per heavy atom. The van der Waals surface area contributed by atoms with Gasteiger partial charge >= 0.3 is 11.9 Å². The summed E-state index contributed by atoms with van der Waals surface area (Å²) < 4.78 is 0. The molecule has 0 saturated heterocycles. The number of nitrogens with one attached hydrogen (secondary N) is 1. The van der Waals surface area contributed by atoms with Crippen LogP contribution in [0.15, 0.2) is 12.7 Å². The van der Waals surface area contributed by atoms with Crippen LogP contribution in [0.25, 0.3) is 0 Å². The van der Waals surface area contributed by atoms with Crippen molar-refractivity contribution in [1.82, 2.24) is 5.32 Å². The highest BCUT2D eigenvalue weighted by Gasteiger charge is 2.36. The normalized spacial score (nSPS) is 13.2. The van der Waals surface area contributed by atoms with E-state index in [0.29, 0.717) is 6.42 Å². The summed E-state index contributed by atoms with van der Waals surface area (Å²) in [6.07, 6.45) is 4.82. The van der Waals surface area contributed by atoms with Gasteiger partial charge in [0.15, 0.2) is 0 Å². The number of unbranched alkanes of at least 4 members (excludes halogenated alkanes) is 2. The van der Waals surface area contributed by atoms with Gasteiger partial charge in [-0.2, -0.15) is 9.90 Å². The number of carboxylic acids is 2. The molecule has 2 unspecified atom stereocenters. The maximum Gasteiger partial charge on any atom is 0.324 e. The van der Waals surface area contributed by atoms with E-state index in [2.05, 4.69) is 11.9 Å². The zero-order valence-electron chi connectivity index (χ0n) is 10.9. The van der Waals surface area contributed by atoms with Crippen LogP contribution in [-0.2, 0) is 9.59 Å². The van der Waals surface area contributed by atoms with E-state index in [0.717, 1.165) is 19.3 Å². The van der Waals surface area contributed by atoms with Gasteiger partial charge in [-0.3, -0.25) is 14.9 Å². The lowest BCUT2D eigenvalue weighted by Gasteiger charge is -2.29. The lowest BCUT2D eigenvalue weighted by Crippen LogP contribution is -2.53. The Kier molecular flexibility index (Phi) is 10.8. The van der Waals surface area contributed by atoms with Gasteiger partial charge in [0.1, 0.15) is 5.54 Å². The minimum absolute atomic E-state index is 0. The second-order valence-electron chi connectivity index (χ2n) is 4.08. The van der Waals surface area contributed by atoms with Gasteiger partial charge in [-0.05, 0) is 12.8 Å². The standard InChI is InChI=1S/C12H21NO4.H3P/c1-3-5-6-8-12(7-4-2,11(16)17)13-9-10(14)15;/h4,13H,2-3,5-9H2,1H3,(H,14,15)(H,16,17);1H3. The zero-order chi connectivity index (χ0) is 13.3. The summed E-state index contributed by atoms with van der Waals surface area (Å²) >= 11 is 0. The summed E-state index contributed by atoms with van der Waals surface area (Å²) in [4.78, 5) is 21.8. The van der Waals surface area contributed by atoms with Gasteiger partial charge in [-0.15, -0.1) is 6.58 Å². The molecule has 0 saturated carbocycles. The van der Waals surface area contributed by atoms with Crippen molar-refractivity contribution in [3.8, 4) is 0 Å². The molecule has 6 heteroatoms. The molecule has 106 valence electrons. The topological polar surface area (TPSA) is 86.6 Å². The molecule has 0 rings (SSSR count). The number of hydrogen-bond acceptors (Lipinski definition) is 3. The molecule has 0 aromatic heterocycles. The minimum Gasteiger partial charge on any atom is -0.480 e. The van der Waals surface area contributed by atoms with Crippen molar-refractivity contribution in [2.45, 2.75) is 44.6 Å². The van der Waals surface area contributed by atoms with E-state index in [-0.39, 0.29) is 22.9 Å². The van der Waals surface area contributed by atoms with Gasteiger partial charge in [-0.25, -0.2) is 0 Å². The van der Waals surface area contributed by atoms with Crippen molar-refractivity contribution in [3.63, 3.8) is 0 Å². The first kappa shape index (κ1) is 19.4. The average Bonchev–Trinajstić information content (AvgIpc) is 2.25. The van der Waals surface area contributed by atoms with Crippen molar-refractivity contribution in [2.75, 3.05) is 6.54 Å². The van der Waals surface area contributed by atoms with E-state index in [4.69, 9.17) is 5.11 Å². The predicted molar refractivity (Wildman–Crippen MR) is 76.1 cm³/mol. The zero-order valence-corrected chi connectivity index (χ0v) is 12.4. The van der Waals surface area contributed by atoms with Crippen LogP contribution in [0.2, 0.25) is 0 Å². The minimum atomic E-state index is -1.20. The molecule has 18 heavy (non-hydrogen) atoms. The number of hydrogen-bond donors (Lipinski definition) is 3. The molecule has 0 bridgehead atoms. The van der Waals surface area contributed by atoms with Crippen LogP contribution < -0.4 is 5.32 Å². The van der Waals surface area contributed by atoms with Crippen LogP contribution in [-0.4, -0.2) is 34.2 Å². The highest BCUT2D eigenvalue weighted by Crippen LogP contribution is 2.20. The summed E-state index contributed by atoms with van der Waals surface area (Å²) in [5, 5.41) is 20.5. The van der Waals surface area contributed by atoms with Gasteiger partial charge in [0.25, 0.3) is 0 Å². The fourth-order valence-corrected chi connectivity index (χ4v) is 1.70. The van der Waals surface area contributed by atoms with Crippen molar-refractivity contribution < 1.29 is 19.8 Å². The summed E-state index contributed by atoms with van der Waals surface area (Å²) in [5.41, 5.74) is -1.20. The van der Waals surface area contributed by atoms with Crippen LogP contribution in [0, 0.1) is 0 Å².